The molecule has 2 rings (SSSR count). The Bertz CT molecular complexity index is 439. The zero-order chi connectivity index (χ0) is 14.0. The molecule has 1 aromatic rings. The number of rotatable bonds is 2. The smallest absolute Gasteiger partial charge is 0.324 e. The molecule has 0 heterocycles. The summed E-state index contributed by atoms with van der Waals surface area (Å²) in [4.78, 5) is 0. The van der Waals surface area contributed by atoms with Crippen LogP contribution in [0.25, 0.3) is 0 Å². The molecule has 1 nitrogen and oxygen atoms in total. The van der Waals surface area contributed by atoms with E-state index in [0.29, 0.717) is 16.0 Å². The van der Waals surface area contributed by atoms with Gasteiger partial charge in [-0.05, 0) is 42.5 Å². The molecular weight excluding hydrogens is 319 g/mol. The summed E-state index contributed by atoms with van der Waals surface area (Å²) in [5.74, 6) is 0.295. The van der Waals surface area contributed by atoms with Crippen LogP contribution in [0.5, 0.6) is 0 Å². The van der Waals surface area contributed by atoms with E-state index in [0.717, 1.165) is 31.7 Å². The van der Waals surface area contributed by atoms with Gasteiger partial charge < -0.3 is 5.73 Å². The van der Waals surface area contributed by atoms with Crippen LogP contribution in [0.4, 0.5) is 13.2 Å². The topological polar surface area (TPSA) is 26.0 Å². The van der Waals surface area contributed by atoms with Crippen LogP contribution in [0, 0.1) is 5.92 Å². The van der Waals surface area contributed by atoms with Crippen molar-refractivity contribution in [3.05, 3.63) is 33.8 Å². The van der Waals surface area contributed by atoms with Gasteiger partial charge in [-0.1, -0.05) is 35.2 Å². The van der Waals surface area contributed by atoms with E-state index in [4.69, 9.17) is 5.73 Å². The minimum atomic E-state index is -4.33. The summed E-state index contributed by atoms with van der Waals surface area (Å²) >= 11 is 3.14. The normalized spacial score (nSPS) is 19.4. The van der Waals surface area contributed by atoms with Crippen LogP contribution in [-0.2, 0) is 6.18 Å². The molecule has 0 radical (unpaired) electrons. The van der Waals surface area contributed by atoms with Gasteiger partial charge >= 0.3 is 6.18 Å². The molecular formula is C14H17BrF3N. The summed E-state index contributed by atoms with van der Waals surface area (Å²) in [5.41, 5.74) is 6.10. The second kappa shape index (κ2) is 5.83. The maximum Gasteiger partial charge on any atom is 0.416 e. The van der Waals surface area contributed by atoms with Gasteiger partial charge in [0, 0.05) is 10.5 Å². The summed E-state index contributed by atoms with van der Waals surface area (Å²) in [6.07, 6.45) is 1.14. The largest absolute Gasteiger partial charge is 0.416 e. The molecule has 0 amide bonds. The van der Waals surface area contributed by atoms with Crippen molar-refractivity contribution in [1.29, 1.82) is 0 Å². The zero-order valence-corrected chi connectivity index (χ0v) is 12.1. The maximum absolute atomic E-state index is 12.8. The van der Waals surface area contributed by atoms with Crippen LogP contribution in [0.2, 0.25) is 0 Å². The predicted octanol–water partition coefficient (Wildman–Crippen LogP) is 5.05. The molecule has 5 heteroatoms. The lowest BCUT2D eigenvalue weighted by Gasteiger charge is -2.28. The lowest BCUT2D eigenvalue weighted by molar-refractivity contribution is -0.137. The molecule has 1 aliphatic rings. The van der Waals surface area contributed by atoms with Crippen molar-refractivity contribution in [2.24, 2.45) is 11.7 Å². The van der Waals surface area contributed by atoms with Crippen LogP contribution in [0.3, 0.4) is 0 Å². The van der Waals surface area contributed by atoms with Crippen molar-refractivity contribution in [3.8, 4) is 0 Å². The highest BCUT2D eigenvalue weighted by Gasteiger charge is 2.32. The monoisotopic (exact) mass is 335 g/mol. The van der Waals surface area contributed by atoms with E-state index in [1.165, 1.54) is 12.5 Å². The highest BCUT2D eigenvalue weighted by atomic mass is 79.9. The minimum Gasteiger partial charge on any atom is -0.324 e. The Kier molecular flexibility index (Phi) is 4.56. The number of halogens is 4. The third-order valence-corrected chi connectivity index (χ3v) is 4.25. The van der Waals surface area contributed by atoms with Crippen molar-refractivity contribution in [3.63, 3.8) is 0 Å². The standard InChI is InChI=1S/C14H17BrF3N/c15-12-7-10(6-11(8-12)14(16,17)18)13(19)9-4-2-1-3-5-9/h6-9,13H,1-5,19H2/t13-/m0/s1. The third-order valence-electron chi connectivity index (χ3n) is 3.79. The van der Waals surface area contributed by atoms with E-state index in [9.17, 15) is 13.2 Å². The molecule has 1 fully saturated rings. The molecule has 0 aliphatic heterocycles. The van der Waals surface area contributed by atoms with Crippen LogP contribution in [0.1, 0.15) is 49.3 Å². The molecule has 0 aromatic heterocycles. The first-order chi connectivity index (χ1) is 8.88. The summed E-state index contributed by atoms with van der Waals surface area (Å²) in [6.45, 7) is 0. The van der Waals surface area contributed by atoms with Crippen molar-refractivity contribution in [2.45, 2.75) is 44.3 Å². The number of hydrogen-bond donors (Lipinski definition) is 1. The first-order valence-electron chi connectivity index (χ1n) is 6.51. The van der Waals surface area contributed by atoms with Gasteiger partial charge in [0.15, 0.2) is 0 Å². The van der Waals surface area contributed by atoms with E-state index in [1.807, 2.05) is 0 Å². The van der Waals surface area contributed by atoms with Crippen molar-refractivity contribution in [2.75, 3.05) is 0 Å². The Labute approximate surface area is 119 Å². The summed E-state index contributed by atoms with van der Waals surface area (Å²) in [7, 11) is 0. The van der Waals surface area contributed by atoms with Gasteiger partial charge in [0.25, 0.3) is 0 Å². The van der Waals surface area contributed by atoms with Gasteiger partial charge in [0.1, 0.15) is 0 Å². The zero-order valence-electron chi connectivity index (χ0n) is 10.5. The Morgan fingerprint density at radius 2 is 1.74 bits per heavy atom. The molecule has 0 bridgehead atoms. The third kappa shape index (κ3) is 3.72. The van der Waals surface area contributed by atoms with E-state index in [1.54, 1.807) is 6.07 Å². The molecule has 1 atom stereocenters. The van der Waals surface area contributed by atoms with Crippen molar-refractivity contribution in [1.82, 2.24) is 0 Å². The van der Waals surface area contributed by atoms with Gasteiger partial charge in [0.05, 0.1) is 5.56 Å². The van der Waals surface area contributed by atoms with Crippen molar-refractivity contribution >= 4 is 15.9 Å². The second-order valence-corrected chi connectivity index (χ2v) is 6.11. The number of benzene rings is 1. The second-order valence-electron chi connectivity index (χ2n) is 5.19. The molecule has 1 aliphatic carbocycles. The molecule has 0 saturated heterocycles. The molecule has 106 valence electrons. The maximum atomic E-state index is 12.8. The van der Waals surface area contributed by atoms with E-state index < -0.39 is 11.7 Å². The number of nitrogens with two attached hydrogens (primary N) is 1. The Balaban J connectivity index is 2.26. The summed E-state index contributed by atoms with van der Waals surface area (Å²) < 4.78 is 38.8. The van der Waals surface area contributed by atoms with Crippen LogP contribution in [-0.4, -0.2) is 0 Å². The highest BCUT2D eigenvalue weighted by molar-refractivity contribution is 9.10. The Hall–Kier alpha value is -0.550. The van der Waals surface area contributed by atoms with Gasteiger partial charge in [-0.3, -0.25) is 0 Å². The van der Waals surface area contributed by atoms with E-state index in [-0.39, 0.29) is 6.04 Å². The first-order valence-corrected chi connectivity index (χ1v) is 7.30. The molecule has 0 unspecified atom stereocenters. The van der Waals surface area contributed by atoms with Gasteiger partial charge in [-0.2, -0.15) is 13.2 Å². The lowest BCUT2D eigenvalue weighted by atomic mass is 9.81. The quantitative estimate of drug-likeness (QED) is 0.804. The van der Waals surface area contributed by atoms with Crippen molar-refractivity contribution < 1.29 is 13.2 Å². The fourth-order valence-corrected chi connectivity index (χ4v) is 3.24. The SMILES string of the molecule is N[C@H](c1cc(Br)cc(C(F)(F)F)c1)C1CCCCC1. The van der Waals surface area contributed by atoms with Crippen LogP contribution >= 0.6 is 15.9 Å². The van der Waals surface area contributed by atoms with Crippen LogP contribution < -0.4 is 5.73 Å². The Morgan fingerprint density at radius 3 is 2.32 bits per heavy atom. The van der Waals surface area contributed by atoms with Crippen LogP contribution in [0.15, 0.2) is 22.7 Å². The minimum absolute atomic E-state index is 0.295. The van der Waals surface area contributed by atoms with E-state index >= 15 is 0 Å². The molecule has 1 saturated carbocycles. The van der Waals surface area contributed by atoms with Gasteiger partial charge in [-0.15, -0.1) is 0 Å². The fraction of sp³-hybridized carbons (Fsp3) is 0.571. The van der Waals surface area contributed by atoms with Gasteiger partial charge in [0.2, 0.25) is 0 Å². The Morgan fingerprint density at radius 1 is 1.11 bits per heavy atom. The van der Waals surface area contributed by atoms with Gasteiger partial charge in [-0.25, -0.2) is 0 Å². The molecule has 1 aromatic carbocycles. The fourth-order valence-electron chi connectivity index (χ4n) is 2.73. The first kappa shape index (κ1) is 14.9. The number of alkyl halides is 3. The molecule has 2 N–H and O–H groups in total. The average Bonchev–Trinajstić information content (AvgIpc) is 2.37. The average molecular weight is 336 g/mol. The predicted molar refractivity (Wildman–Crippen MR) is 72.6 cm³/mol. The number of hydrogen-bond acceptors (Lipinski definition) is 1. The lowest BCUT2D eigenvalue weighted by Crippen LogP contribution is -2.24. The summed E-state index contributed by atoms with van der Waals surface area (Å²) in [6, 6.07) is 3.68. The summed E-state index contributed by atoms with van der Waals surface area (Å²) in [5, 5.41) is 0. The van der Waals surface area contributed by atoms with E-state index in [2.05, 4.69) is 15.9 Å². The molecule has 0 spiro atoms. The molecule has 19 heavy (non-hydrogen) atoms. The highest BCUT2D eigenvalue weighted by Crippen LogP contribution is 2.37.